The predicted octanol–water partition coefficient (Wildman–Crippen LogP) is 7.42. The van der Waals surface area contributed by atoms with Crippen molar-refractivity contribution in [2.24, 2.45) is 5.92 Å². The molecule has 0 radical (unpaired) electrons. The van der Waals surface area contributed by atoms with E-state index in [-0.39, 0.29) is 5.41 Å². The second-order valence-electron chi connectivity index (χ2n) is 9.01. The van der Waals surface area contributed by atoms with E-state index in [9.17, 15) is 0 Å². The summed E-state index contributed by atoms with van der Waals surface area (Å²) in [6, 6.07) is 17.1. The molecule has 29 heavy (non-hydrogen) atoms. The number of nitrogens with zero attached hydrogens (tertiary/aromatic N) is 2. The molecule has 1 N–H and O–H groups in total. The second kappa shape index (κ2) is 8.83. The largest absolute Gasteiger partial charge is 0.327 e. The summed E-state index contributed by atoms with van der Waals surface area (Å²) >= 11 is 1.65. The van der Waals surface area contributed by atoms with Crippen LogP contribution in [0.2, 0.25) is 0 Å². The van der Waals surface area contributed by atoms with E-state index in [4.69, 9.17) is 4.98 Å². The van der Waals surface area contributed by atoms with Crippen LogP contribution in [0.25, 0.3) is 11.0 Å². The monoisotopic (exact) mass is 407 g/mol. The van der Waals surface area contributed by atoms with Crippen LogP contribution in [-0.2, 0) is 12.0 Å². The Kier molecular flexibility index (Phi) is 6.19. The van der Waals surface area contributed by atoms with Crippen molar-refractivity contribution in [2.75, 3.05) is 4.72 Å². The number of rotatable bonds is 7. The normalized spacial score (nSPS) is 15.7. The zero-order chi connectivity index (χ0) is 20.3. The van der Waals surface area contributed by atoms with E-state index >= 15 is 0 Å². The average molecular weight is 408 g/mol. The minimum Gasteiger partial charge on any atom is -0.327 e. The Balaban J connectivity index is 1.63. The first-order valence-corrected chi connectivity index (χ1v) is 11.9. The van der Waals surface area contributed by atoms with E-state index < -0.39 is 0 Å². The first-order valence-electron chi connectivity index (χ1n) is 11.1. The number of hydrogen-bond donors (Lipinski definition) is 1. The highest BCUT2D eigenvalue weighted by molar-refractivity contribution is 8.00. The van der Waals surface area contributed by atoms with E-state index in [1.165, 1.54) is 48.3 Å². The Bertz CT molecular complexity index is 939. The van der Waals surface area contributed by atoms with Crippen LogP contribution in [0.15, 0.2) is 53.4 Å². The van der Waals surface area contributed by atoms with Crippen LogP contribution in [0.1, 0.15) is 65.1 Å². The summed E-state index contributed by atoms with van der Waals surface area (Å²) in [5, 5.41) is 0. The molecule has 1 aliphatic rings. The summed E-state index contributed by atoms with van der Waals surface area (Å²) in [7, 11) is 0. The molecule has 4 rings (SSSR count). The van der Waals surface area contributed by atoms with Crippen molar-refractivity contribution in [3.63, 3.8) is 0 Å². The summed E-state index contributed by atoms with van der Waals surface area (Å²) in [5.41, 5.74) is 3.58. The molecule has 1 fully saturated rings. The van der Waals surface area contributed by atoms with Crippen molar-refractivity contribution in [1.29, 1.82) is 0 Å². The van der Waals surface area contributed by atoms with Gasteiger partial charge in [0.15, 0.2) is 0 Å². The SMILES string of the molecule is CCC(C)(C)c1nc2cc(NSc3ccccc3)ccc2n1CC1CCCCC1. The van der Waals surface area contributed by atoms with Crippen molar-refractivity contribution >= 4 is 28.7 Å². The third-order valence-corrected chi connectivity index (χ3v) is 7.28. The zero-order valence-electron chi connectivity index (χ0n) is 17.9. The molecule has 4 heteroatoms. The number of aromatic nitrogens is 2. The molecule has 3 aromatic rings. The van der Waals surface area contributed by atoms with Crippen molar-refractivity contribution < 1.29 is 0 Å². The molecule has 154 valence electrons. The van der Waals surface area contributed by atoms with Crippen LogP contribution in [-0.4, -0.2) is 9.55 Å². The van der Waals surface area contributed by atoms with E-state index in [2.05, 4.69) is 72.5 Å². The van der Waals surface area contributed by atoms with E-state index in [1.807, 2.05) is 6.07 Å². The van der Waals surface area contributed by atoms with Gasteiger partial charge in [-0.25, -0.2) is 4.98 Å². The van der Waals surface area contributed by atoms with Gasteiger partial charge in [-0.3, -0.25) is 0 Å². The molecule has 0 aliphatic heterocycles. The lowest BCUT2D eigenvalue weighted by molar-refractivity contribution is 0.310. The highest BCUT2D eigenvalue weighted by Gasteiger charge is 2.27. The Morgan fingerprint density at radius 1 is 1.07 bits per heavy atom. The van der Waals surface area contributed by atoms with Gasteiger partial charge in [0.25, 0.3) is 0 Å². The van der Waals surface area contributed by atoms with Gasteiger partial charge in [0.2, 0.25) is 0 Å². The number of nitrogens with one attached hydrogen (secondary N) is 1. The average Bonchev–Trinajstić information content (AvgIpc) is 3.12. The Hall–Kier alpha value is -1.94. The fourth-order valence-corrected chi connectivity index (χ4v) is 4.94. The summed E-state index contributed by atoms with van der Waals surface area (Å²) in [5.74, 6) is 2.03. The molecular formula is C25H33N3S. The van der Waals surface area contributed by atoms with Crippen LogP contribution in [0.4, 0.5) is 5.69 Å². The minimum absolute atomic E-state index is 0.0834. The van der Waals surface area contributed by atoms with Gasteiger partial charge in [-0.1, -0.05) is 58.2 Å². The van der Waals surface area contributed by atoms with Crippen LogP contribution in [0, 0.1) is 5.92 Å². The van der Waals surface area contributed by atoms with Crippen LogP contribution in [0.5, 0.6) is 0 Å². The smallest absolute Gasteiger partial charge is 0.115 e. The van der Waals surface area contributed by atoms with Gasteiger partial charge in [-0.2, -0.15) is 0 Å². The van der Waals surface area contributed by atoms with Gasteiger partial charge in [0.1, 0.15) is 5.82 Å². The molecule has 0 saturated heterocycles. The van der Waals surface area contributed by atoms with Crippen molar-refractivity contribution in [3.8, 4) is 0 Å². The third-order valence-electron chi connectivity index (χ3n) is 6.43. The summed E-state index contributed by atoms with van der Waals surface area (Å²) in [6.45, 7) is 8.04. The molecule has 1 saturated carbocycles. The Labute approximate surface area is 179 Å². The highest BCUT2D eigenvalue weighted by Crippen LogP contribution is 2.34. The number of imidazole rings is 1. The number of fused-ring (bicyclic) bond motifs is 1. The molecule has 0 spiro atoms. The lowest BCUT2D eigenvalue weighted by Crippen LogP contribution is -2.24. The van der Waals surface area contributed by atoms with Crippen molar-refractivity contribution in [2.45, 2.75) is 76.2 Å². The van der Waals surface area contributed by atoms with Crippen molar-refractivity contribution in [1.82, 2.24) is 9.55 Å². The van der Waals surface area contributed by atoms with Gasteiger partial charge >= 0.3 is 0 Å². The number of hydrogen-bond acceptors (Lipinski definition) is 3. The van der Waals surface area contributed by atoms with Gasteiger partial charge in [-0.05, 0) is 67.5 Å². The fraction of sp³-hybridized carbons (Fsp3) is 0.480. The quantitative estimate of drug-likeness (QED) is 0.413. The predicted molar refractivity (Wildman–Crippen MR) is 126 cm³/mol. The maximum Gasteiger partial charge on any atom is 0.115 e. The highest BCUT2D eigenvalue weighted by atomic mass is 32.2. The number of benzene rings is 2. The minimum atomic E-state index is 0.0834. The standard InChI is InChI=1S/C25H33N3S/c1-4-25(2,3)24-26-22-17-20(27-29-21-13-9-6-10-14-21)15-16-23(22)28(24)18-19-11-7-5-8-12-19/h6,9-10,13-17,19,27H,4-5,7-8,11-12,18H2,1-3H3. The second-order valence-corrected chi connectivity index (χ2v) is 9.89. The van der Waals surface area contributed by atoms with E-state index in [1.54, 1.807) is 11.9 Å². The molecule has 0 atom stereocenters. The summed E-state index contributed by atoms with van der Waals surface area (Å²) in [4.78, 5) is 6.36. The molecule has 2 aromatic carbocycles. The molecule has 3 nitrogen and oxygen atoms in total. The van der Waals surface area contributed by atoms with Crippen LogP contribution >= 0.6 is 11.9 Å². The van der Waals surface area contributed by atoms with Crippen LogP contribution in [0.3, 0.4) is 0 Å². The molecule has 1 aromatic heterocycles. The first-order chi connectivity index (χ1) is 14.1. The lowest BCUT2D eigenvalue weighted by atomic mass is 9.87. The van der Waals surface area contributed by atoms with Gasteiger partial charge in [-0.15, -0.1) is 0 Å². The zero-order valence-corrected chi connectivity index (χ0v) is 18.8. The summed E-state index contributed by atoms with van der Waals surface area (Å²) in [6.07, 6.45) is 7.99. The Morgan fingerprint density at radius 3 is 2.55 bits per heavy atom. The van der Waals surface area contributed by atoms with E-state index in [0.29, 0.717) is 0 Å². The van der Waals surface area contributed by atoms with Crippen molar-refractivity contribution in [3.05, 3.63) is 54.4 Å². The van der Waals surface area contributed by atoms with E-state index in [0.717, 1.165) is 30.1 Å². The molecule has 1 heterocycles. The van der Waals surface area contributed by atoms with Crippen LogP contribution < -0.4 is 4.72 Å². The molecular weight excluding hydrogens is 374 g/mol. The maximum atomic E-state index is 5.15. The van der Waals surface area contributed by atoms with Gasteiger partial charge in [0, 0.05) is 22.5 Å². The topological polar surface area (TPSA) is 29.9 Å². The lowest BCUT2D eigenvalue weighted by Gasteiger charge is -2.27. The van der Waals surface area contributed by atoms with Gasteiger partial charge < -0.3 is 9.29 Å². The third kappa shape index (κ3) is 4.63. The molecule has 0 amide bonds. The maximum absolute atomic E-state index is 5.15. The molecule has 1 aliphatic carbocycles. The fourth-order valence-electron chi connectivity index (χ4n) is 4.29. The first kappa shape index (κ1) is 20.3. The van der Waals surface area contributed by atoms with Gasteiger partial charge in [0.05, 0.1) is 11.0 Å². The molecule has 0 unspecified atom stereocenters. The molecule has 0 bridgehead atoms. The Morgan fingerprint density at radius 2 is 1.83 bits per heavy atom. The number of anilines is 1. The summed E-state index contributed by atoms with van der Waals surface area (Å²) < 4.78 is 6.01.